The van der Waals surface area contributed by atoms with Crippen LogP contribution < -0.4 is 10.6 Å². The molecule has 0 radical (unpaired) electrons. The Morgan fingerprint density at radius 1 is 1.03 bits per heavy atom. The molecule has 11 nitrogen and oxygen atoms in total. The fourth-order valence-corrected chi connectivity index (χ4v) is 3.93. The lowest BCUT2D eigenvalue weighted by Crippen LogP contribution is -2.42. The molecule has 1 aromatic heterocycles. The summed E-state index contributed by atoms with van der Waals surface area (Å²) in [5, 5.41) is 40.3. The number of anilines is 1. The molecule has 6 N–H and O–H groups in total. The van der Waals surface area contributed by atoms with Crippen LogP contribution in [0.3, 0.4) is 0 Å². The molecule has 0 aliphatic heterocycles. The molecule has 0 spiro atoms. The van der Waals surface area contributed by atoms with E-state index < -0.39 is 36.4 Å². The molecule has 3 rings (SSSR count). The lowest BCUT2D eigenvalue weighted by atomic mass is 9.87. The van der Waals surface area contributed by atoms with Gasteiger partial charge in [0.1, 0.15) is 5.82 Å². The molecule has 190 valence electrons. The maximum absolute atomic E-state index is 14.2. The fraction of sp³-hybridized carbons (Fsp3) is 0.435. The van der Waals surface area contributed by atoms with Crippen LogP contribution in [0.4, 0.5) is 10.3 Å². The van der Waals surface area contributed by atoms with Crippen LogP contribution in [-0.4, -0.2) is 61.0 Å². The Hall–Kier alpha value is -3.64. The first-order valence-electron chi connectivity index (χ1n) is 10.9. The Bertz CT molecular complexity index is 1010. The van der Waals surface area contributed by atoms with E-state index in [1.54, 1.807) is 31.6 Å². The van der Waals surface area contributed by atoms with E-state index in [1.165, 1.54) is 0 Å². The van der Waals surface area contributed by atoms with Gasteiger partial charge < -0.3 is 31.1 Å². The Morgan fingerprint density at radius 2 is 1.57 bits per heavy atom. The average Bonchev–Trinajstić information content (AvgIpc) is 3.27. The normalized spacial score (nSPS) is 14.5. The standard InChI is InChI=1S/C17H21FN4.C6H8O7/c1-19-16-20-10-13(11-21-16)12-22-17(8-4-5-9-17)14-6-2-3-7-15(14)18;7-3(8)1-6(13,5(11)12)2-4(9)10/h2-3,6-7,10-11,22H,4-5,8-9,12H2,1H3,(H,19,20,21);13H,1-2H2,(H,7,8)(H,9,10)(H,11,12). The zero-order chi connectivity index (χ0) is 26.1. The molecule has 1 aliphatic carbocycles. The molecule has 35 heavy (non-hydrogen) atoms. The molecule has 12 heteroatoms. The number of carboxylic acid groups (broad SMARTS) is 3. The smallest absolute Gasteiger partial charge is 0.336 e. The average molecular weight is 493 g/mol. The van der Waals surface area contributed by atoms with Gasteiger partial charge in [-0.25, -0.2) is 19.2 Å². The van der Waals surface area contributed by atoms with Gasteiger partial charge in [0.25, 0.3) is 0 Å². The Balaban J connectivity index is 0.000000287. The van der Waals surface area contributed by atoms with E-state index in [0.717, 1.165) is 36.8 Å². The van der Waals surface area contributed by atoms with E-state index in [1.807, 2.05) is 12.1 Å². The second kappa shape index (κ2) is 12.2. The van der Waals surface area contributed by atoms with Crippen molar-refractivity contribution in [2.45, 2.75) is 56.2 Å². The van der Waals surface area contributed by atoms with Crippen molar-refractivity contribution in [3.63, 3.8) is 0 Å². The van der Waals surface area contributed by atoms with Crippen molar-refractivity contribution in [1.29, 1.82) is 0 Å². The van der Waals surface area contributed by atoms with Crippen LogP contribution in [0.25, 0.3) is 0 Å². The first-order chi connectivity index (χ1) is 16.5. The first kappa shape index (κ1) is 27.6. The number of aromatic nitrogens is 2. The molecule has 1 aliphatic rings. The summed E-state index contributed by atoms with van der Waals surface area (Å²) in [5.41, 5.74) is -1.23. The third kappa shape index (κ3) is 7.69. The minimum atomic E-state index is -2.74. The largest absolute Gasteiger partial charge is 0.481 e. The van der Waals surface area contributed by atoms with E-state index >= 15 is 0 Å². The van der Waals surface area contributed by atoms with Gasteiger partial charge in [-0.3, -0.25) is 9.59 Å². The number of aliphatic hydroxyl groups is 1. The Labute approximate surface area is 201 Å². The number of halogens is 1. The molecule has 0 atom stereocenters. The molecule has 0 saturated heterocycles. The van der Waals surface area contributed by atoms with E-state index in [0.29, 0.717) is 12.5 Å². The van der Waals surface area contributed by atoms with E-state index in [9.17, 15) is 18.8 Å². The number of carbonyl (C=O) groups is 3. The minimum Gasteiger partial charge on any atom is -0.481 e. The number of nitrogens with zero attached hydrogens (tertiary/aromatic N) is 2. The summed E-state index contributed by atoms with van der Waals surface area (Å²) < 4.78 is 14.2. The Morgan fingerprint density at radius 3 is 2.03 bits per heavy atom. The maximum atomic E-state index is 14.2. The third-order valence-corrected chi connectivity index (χ3v) is 5.69. The topological polar surface area (TPSA) is 182 Å². The van der Waals surface area contributed by atoms with Crippen LogP contribution >= 0.6 is 0 Å². The summed E-state index contributed by atoms with van der Waals surface area (Å²) in [7, 11) is 1.79. The fourth-order valence-electron chi connectivity index (χ4n) is 3.93. The van der Waals surface area contributed by atoms with Gasteiger partial charge in [-0.1, -0.05) is 31.0 Å². The van der Waals surface area contributed by atoms with Crippen LogP contribution in [0.5, 0.6) is 0 Å². The molecule has 0 unspecified atom stereocenters. The van der Waals surface area contributed by atoms with E-state index in [4.69, 9.17) is 20.4 Å². The Kier molecular flexibility index (Phi) is 9.60. The van der Waals surface area contributed by atoms with E-state index in [2.05, 4.69) is 20.6 Å². The third-order valence-electron chi connectivity index (χ3n) is 5.69. The monoisotopic (exact) mass is 492 g/mol. The SMILES string of the molecule is CNc1ncc(CNC2(c3ccccc3F)CCCC2)cn1.O=C(O)CC(O)(CC(=O)O)C(=O)O. The van der Waals surface area contributed by atoms with Crippen molar-refractivity contribution < 1.29 is 39.2 Å². The van der Waals surface area contributed by atoms with Crippen molar-refractivity contribution in [3.05, 3.63) is 53.6 Å². The summed E-state index contributed by atoms with van der Waals surface area (Å²) in [5.74, 6) is -4.54. The quantitative estimate of drug-likeness (QED) is 0.285. The summed E-state index contributed by atoms with van der Waals surface area (Å²) >= 11 is 0. The van der Waals surface area contributed by atoms with Gasteiger partial charge in [0.15, 0.2) is 5.60 Å². The molecule has 1 heterocycles. The summed E-state index contributed by atoms with van der Waals surface area (Å²) in [6, 6.07) is 7.09. The van der Waals surface area contributed by atoms with Crippen molar-refractivity contribution >= 4 is 23.9 Å². The van der Waals surface area contributed by atoms with Gasteiger partial charge in [-0.2, -0.15) is 0 Å². The number of hydrogen-bond acceptors (Lipinski definition) is 8. The highest BCUT2D eigenvalue weighted by Crippen LogP contribution is 2.40. The van der Waals surface area contributed by atoms with Crippen molar-refractivity contribution in [2.75, 3.05) is 12.4 Å². The van der Waals surface area contributed by atoms with Gasteiger partial charge in [-0.15, -0.1) is 0 Å². The molecular weight excluding hydrogens is 463 g/mol. The number of hydrogen-bond donors (Lipinski definition) is 6. The van der Waals surface area contributed by atoms with Gasteiger partial charge in [0.05, 0.1) is 12.8 Å². The zero-order valence-electron chi connectivity index (χ0n) is 19.2. The second-order valence-electron chi connectivity index (χ2n) is 8.27. The second-order valence-corrected chi connectivity index (χ2v) is 8.27. The highest BCUT2D eigenvalue weighted by molar-refractivity contribution is 5.88. The first-order valence-corrected chi connectivity index (χ1v) is 10.9. The number of rotatable bonds is 10. The highest BCUT2D eigenvalue weighted by Gasteiger charge is 2.41. The van der Waals surface area contributed by atoms with Crippen LogP contribution in [0, 0.1) is 5.82 Å². The van der Waals surface area contributed by atoms with Crippen LogP contribution in [-0.2, 0) is 26.5 Å². The molecule has 2 aromatic rings. The summed E-state index contributed by atoms with van der Waals surface area (Å²) in [6.45, 7) is 0.637. The molecule has 1 saturated carbocycles. The van der Waals surface area contributed by atoms with Gasteiger partial charge in [-0.05, 0) is 18.9 Å². The van der Waals surface area contributed by atoms with Gasteiger partial charge >= 0.3 is 17.9 Å². The van der Waals surface area contributed by atoms with Crippen LogP contribution in [0.2, 0.25) is 0 Å². The lowest BCUT2D eigenvalue weighted by Gasteiger charge is -2.31. The number of nitrogens with one attached hydrogen (secondary N) is 2. The predicted octanol–water partition coefficient (Wildman–Crippen LogP) is 1.97. The number of carboxylic acids is 3. The lowest BCUT2D eigenvalue weighted by molar-refractivity contribution is -0.170. The molecule has 0 bridgehead atoms. The van der Waals surface area contributed by atoms with Gasteiger partial charge in [0.2, 0.25) is 5.95 Å². The van der Waals surface area contributed by atoms with E-state index in [-0.39, 0.29) is 11.4 Å². The number of benzene rings is 1. The van der Waals surface area contributed by atoms with Crippen molar-refractivity contribution in [2.24, 2.45) is 0 Å². The molecule has 1 fully saturated rings. The molecule has 1 aromatic carbocycles. The van der Waals surface area contributed by atoms with Crippen LogP contribution in [0.15, 0.2) is 36.7 Å². The van der Waals surface area contributed by atoms with Crippen LogP contribution in [0.1, 0.15) is 49.7 Å². The predicted molar refractivity (Wildman–Crippen MR) is 122 cm³/mol. The zero-order valence-corrected chi connectivity index (χ0v) is 19.2. The van der Waals surface area contributed by atoms with Crippen molar-refractivity contribution in [3.8, 4) is 0 Å². The highest BCUT2D eigenvalue weighted by atomic mass is 19.1. The van der Waals surface area contributed by atoms with Crippen molar-refractivity contribution in [1.82, 2.24) is 15.3 Å². The number of aliphatic carboxylic acids is 3. The molecular formula is C23H29FN4O7. The molecule has 0 amide bonds. The maximum Gasteiger partial charge on any atom is 0.336 e. The summed E-state index contributed by atoms with van der Waals surface area (Å²) in [6.07, 6.45) is 5.48. The summed E-state index contributed by atoms with van der Waals surface area (Å²) in [4.78, 5) is 38.9. The minimum absolute atomic E-state index is 0.126. The van der Waals surface area contributed by atoms with Gasteiger partial charge in [0, 0.05) is 42.7 Å².